The minimum atomic E-state index is -0.814. The number of unbranched alkanes of at least 4 members (excludes halogenated alkanes) is 2. The van der Waals surface area contributed by atoms with Gasteiger partial charge in [-0.1, -0.05) is 148 Å². The predicted octanol–water partition coefficient (Wildman–Crippen LogP) is 13.8. The first-order chi connectivity index (χ1) is 27.5. The second kappa shape index (κ2) is 16.4. The van der Waals surface area contributed by atoms with Crippen LogP contribution in [0.3, 0.4) is 0 Å². The average molecular weight is 739 g/mol. The summed E-state index contributed by atoms with van der Waals surface area (Å²) >= 11 is 0. The Kier molecular flexibility index (Phi) is 10.6. The fraction of sp³-hybridized carbons (Fsp3) is 0.160. The standard InChI is InChI=1S/C50H42O6/c1-3-5-17-33-27-29-41-43(31-33)45(37-23-13-15-25-39(37)47(41)55-49(51)53-35-19-9-7-10-20-35)46-38-24-14-16-26-40(38)48(56-50(52)54-36-21-11-8-12-22-36)42-30-28-34(18-6-4-2)32-44(42)46/h7-16,19-32H,3-6,17-18H2,1-2H3. The van der Waals surface area contributed by atoms with Crippen molar-refractivity contribution in [2.75, 3.05) is 0 Å². The van der Waals surface area contributed by atoms with Crippen LogP contribution in [0.25, 0.3) is 54.2 Å². The van der Waals surface area contributed by atoms with E-state index in [9.17, 15) is 9.59 Å². The van der Waals surface area contributed by atoms with E-state index in [4.69, 9.17) is 18.9 Å². The lowest BCUT2D eigenvalue weighted by atomic mass is 9.84. The zero-order chi connectivity index (χ0) is 38.4. The second-order valence-corrected chi connectivity index (χ2v) is 14.0. The van der Waals surface area contributed by atoms with Crippen molar-refractivity contribution in [1.82, 2.24) is 0 Å². The van der Waals surface area contributed by atoms with Gasteiger partial charge in [0.1, 0.15) is 23.0 Å². The van der Waals surface area contributed by atoms with Crippen molar-refractivity contribution in [2.45, 2.75) is 52.4 Å². The van der Waals surface area contributed by atoms with E-state index in [1.807, 2.05) is 72.8 Å². The topological polar surface area (TPSA) is 71.1 Å². The maximum Gasteiger partial charge on any atom is 0.519 e. The number of rotatable bonds is 11. The number of fused-ring (bicyclic) bond motifs is 4. The van der Waals surface area contributed by atoms with E-state index in [0.717, 1.165) is 92.7 Å². The minimum Gasteiger partial charge on any atom is -0.395 e. The van der Waals surface area contributed by atoms with E-state index in [-0.39, 0.29) is 0 Å². The SMILES string of the molecule is CCCCc1ccc2c(OC(=O)Oc3ccccc3)c3ccccc3c(-c3c4ccccc4c(OC(=O)Oc4ccccc4)c4ccc(CCCC)cc34)c2c1. The van der Waals surface area contributed by atoms with Gasteiger partial charge in [-0.05, 0) is 93.7 Å². The lowest BCUT2D eigenvalue weighted by Crippen LogP contribution is -2.14. The summed E-state index contributed by atoms with van der Waals surface area (Å²) in [5, 5.41) is 6.84. The fourth-order valence-corrected chi connectivity index (χ4v) is 7.58. The second-order valence-electron chi connectivity index (χ2n) is 14.0. The first kappa shape index (κ1) is 36.3. The summed E-state index contributed by atoms with van der Waals surface area (Å²) in [6.45, 7) is 4.38. The van der Waals surface area contributed by atoms with Crippen molar-refractivity contribution in [2.24, 2.45) is 0 Å². The minimum absolute atomic E-state index is 0.399. The van der Waals surface area contributed by atoms with Gasteiger partial charge in [0.2, 0.25) is 0 Å². The normalized spacial score (nSPS) is 11.2. The zero-order valence-electron chi connectivity index (χ0n) is 31.5. The van der Waals surface area contributed by atoms with Crippen LogP contribution in [0.1, 0.15) is 50.7 Å². The molecule has 8 aromatic rings. The summed E-state index contributed by atoms with van der Waals surface area (Å²) < 4.78 is 23.6. The summed E-state index contributed by atoms with van der Waals surface area (Å²) in [6.07, 6.45) is 4.39. The predicted molar refractivity (Wildman–Crippen MR) is 225 cm³/mol. The number of hydrogen-bond acceptors (Lipinski definition) is 6. The van der Waals surface area contributed by atoms with E-state index in [2.05, 4.69) is 62.4 Å². The molecule has 6 nitrogen and oxygen atoms in total. The van der Waals surface area contributed by atoms with Crippen LogP contribution >= 0.6 is 0 Å². The van der Waals surface area contributed by atoms with Gasteiger partial charge in [-0.3, -0.25) is 0 Å². The molecule has 0 radical (unpaired) electrons. The molecule has 0 saturated carbocycles. The van der Waals surface area contributed by atoms with Crippen LogP contribution in [0.2, 0.25) is 0 Å². The van der Waals surface area contributed by atoms with E-state index in [1.54, 1.807) is 24.3 Å². The van der Waals surface area contributed by atoms with E-state index in [1.165, 1.54) is 11.1 Å². The molecular weight excluding hydrogens is 697 g/mol. The summed E-state index contributed by atoms with van der Waals surface area (Å²) in [4.78, 5) is 26.9. The lowest BCUT2D eigenvalue weighted by molar-refractivity contribution is 0.152. The molecule has 0 bridgehead atoms. The molecule has 6 heteroatoms. The maximum atomic E-state index is 13.5. The molecule has 0 N–H and O–H groups in total. The molecule has 0 aliphatic carbocycles. The molecule has 0 aromatic heterocycles. The van der Waals surface area contributed by atoms with Gasteiger partial charge in [0.25, 0.3) is 0 Å². The van der Waals surface area contributed by atoms with Gasteiger partial charge in [0, 0.05) is 21.5 Å². The Morgan fingerprint density at radius 1 is 0.393 bits per heavy atom. The number of para-hydroxylation sites is 2. The van der Waals surface area contributed by atoms with Gasteiger partial charge >= 0.3 is 12.3 Å². The third-order valence-electron chi connectivity index (χ3n) is 10.2. The Morgan fingerprint density at radius 3 is 1.14 bits per heavy atom. The highest BCUT2D eigenvalue weighted by atomic mass is 16.7. The Labute approximate surface area is 326 Å². The molecule has 0 atom stereocenters. The van der Waals surface area contributed by atoms with Gasteiger partial charge in [-0.2, -0.15) is 0 Å². The molecule has 8 rings (SSSR count). The van der Waals surface area contributed by atoms with Gasteiger partial charge in [0.15, 0.2) is 0 Å². The number of hydrogen-bond donors (Lipinski definition) is 0. The van der Waals surface area contributed by atoms with Crippen LogP contribution in [0, 0.1) is 0 Å². The zero-order valence-corrected chi connectivity index (χ0v) is 31.5. The average Bonchev–Trinajstić information content (AvgIpc) is 3.23. The Balaban J connectivity index is 1.41. The molecule has 0 spiro atoms. The summed E-state index contributed by atoms with van der Waals surface area (Å²) in [5.41, 5.74) is 4.39. The lowest BCUT2D eigenvalue weighted by Gasteiger charge is -2.22. The third-order valence-corrected chi connectivity index (χ3v) is 10.2. The van der Waals surface area contributed by atoms with Gasteiger partial charge in [-0.15, -0.1) is 0 Å². The Hall–Kier alpha value is -6.66. The molecule has 0 amide bonds. The highest BCUT2D eigenvalue weighted by Crippen LogP contribution is 2.50. The summed E-state index contributed by atoms with van der Waals surface area (Å²) in [7, 11) is 0. The van der Waals surface area contributed by atoms with Crippen molar-refractivity contribution in [3.8, 4) is 34.1 Å². The molecule has 0 heterocycles. The smallest absolute Gasteiger partial charge is 0.395 e. The van der Waals surface area contributed by atoms with Crippen molar-refractivity contribution in [3.63, 3.8) is 0 Å². The molecule has 56 heavy (non-hydrogen) atoms. The van der Waals surface area contributed by atoms with Crippen LogP contribution in [0.15, 0.2) is 146 Å². The Bertz CT molecular complexity index is 2510. The number of aryl methyl sites for hydroxylation is 2. The molecule has 0 aliphatic rings. The quantitative estimate of drug-likeness (QED) is 0.0747. The van der Waals surface area contributed by atoms with Crippen LogP contribution in [-0.2, 0) is 12.8 Å². The summed E-state index contributed by atoms with van der Waals surface area (Å²) in [6, 6.07) is 46.8. The first-order valence-electron chi connectivity index (χ1n) is 19.4. The molecule has 0 aliphatic heterocycles. The number of ether oxygens (including phenoxy) is 4. The molecular formula is C50H42O6. The largest absolute Gasteiger partial charge is 0.519 e. The Morgan fingerprint density at radius 2 is 0.750 bits per heavy atom. The molecule has 0 fully saturated rings. The van der Waals surface area contributed by atoms with E-state index < -0.39 is 12.3 Å². The first-order valence-corrected chi connectivity index (χ1v) is 19.4. The van der Waals surface area contributed by atoms with Gasteiger partial charge < -0.3 is 18.9 Å². The van der Waals surface area contributed by atoms with Crippen LogP contribution < -0.4 is 18.9 Å². The van der Waals surface area contributed by atoms with Crippen LogP contribution in [-0.4, -0.2) is 12.3 Å². The van der Waals surface area contributed by atoms with Crippen molar-refractivity contribution >= 4 is 55.4 Å². The van der Waals surface area contributed by atoms with Crippen LogP contribution in [0.5, 0.6) is 23.0 Å². The number of carbonyl (C=O) groups excluding carboxylic acids is 2. The van der Waals surface area contributed by atoms with Crippen molar-refractivity contribution < 1.29 is 28.5 Å². The molecule has 278 valence electrons. The number of benzene rings is 8. The molecule has 8 aromatic carbocycles. The molecule has 0 unspecified atom stereocenters. The monoisotopic (exact) mass is 738 g/mol. The van der Waals surface area contributed by atoms with Crippen molar-refractivity contribution in [1.29, 1.82) is 0 Å². The highest BCUT2D eigenvalue weighted by molar-refractivity contribution is 6.27. The summed E-state index contributed by atoms with van der Waals surface area (Å²) in [5.74, 6) is 1.67. The van der Waals surface area contributed by atoms with Crippen molar-refractivity contribution in [3.05, 3.63) is 157 Å². The fourth-order valence-electron chi connectivity index (χ4n) is 7.58. The maximum absolute atomic E-state index is 13.5. The molecule has 0 saturated heterocycles. The third kappa shape index (κ3) is 7.38. The highest BCUT2D eigenvalue weighted by Gasteiger charge is 2.25. The number of carbonyl (C=O) groups is 2. The van der Waals surface area contributed by atoms with Crippen LogP contribution in [0.4, 0.5) is 9.59 Å². The van der Waals surface area contributed by atoms with Gasteiger partial charge in [-0.25, -0.2) is 9.59 Å². The van der Waals surface area contributed by atoms with E-state index >= 15 is 0 Å². The van der Waals surface area contributed by atoms with Gasteiger partial charge in [0.05, 0.1) is 0 Å². The van der Waals surface area contributed by atoms with E-state index in [0.29, 0.717) is 23.0 Å².